The number of aromatic nitrogens is 3. The van der Waals surface area contributed by atoms with Crippen LogP contribution in [-0.2, 0) is 0 Å². The summed E-state index contributed by atoms with van der Waals surface area (Å²) in [6, 6.07) is 9.00. The molecular weight excluding hydrogens is 348 g/mol. The van der Waals surface area contributed by atoms with E-state index in [9.17, 15) is 8.78 Å². The first-order valence-corrected chi connectivity index (χ1v) is 8.95. The van der Waals surface area contributed by atoms with Crippen LogP contribution in [0, 0.1) is 11.6 Å². The predicted molar refractivity (Wildman–Crippen MR) is 101 cm³/mol. The van der Waals surface area contributed by atoms with Gasteiger partial charge in [0.1, 0.15) is 17.5 Å². The number of hydrogen-bond acceptors (Lipinski definition) is 5. The minimum absolute atomic E-state index is 0.0256. The summed E-state index contributed by atoms with van der Waals surface area (Å²) in [7, 11) is 0. The van der Waals surface area contributed by atoms with Crippen molar-refractivity contribution in [3.63, 3.8) is 0 Å². The molecule has 4 rings (SSSR count). The van der Waals surface area contributed by atoms with E-state index in [-0.39, 0.29) is 5.69 Å². The van der Waals surface area contributed by atoms with Gasteiger partial charge in [0.2, 0.25) is 5.95 Å². The van der Waals surface area contributed by atoms with E-state index < -0.39 is 11.6 Å². The van der Waals surface area contributed by atoms with Crippen LogP contribution in [0.25, 0.3) is 11.3 Å². The van der Waals surface area contributed by atoms with Gasteiger partial charge in [-0.2, -0.15) is 4.98 Å². The first kappa shape index (κ1) is 17.3. The van der Waals surface area contributed by atoms with E-state index in [4.69, 9.17) is 0 Å². The second-order valence-electron chi connectivity index (χ2n) is 6.58. The zero-order valence-corrected chi connectivity index (χ0v) is 14.6. The Hall–Kier alpha value is -3.09. The van der Waals surface area contributed by atoms with E-state index in [1.807, 2.05) is 12.1 Å². The van der Waals surface area contributed by atoms with Crippen LogP contribution in [-0.4, -0.2) is 21.0 Å². The van der Waals surface area contributed by atoms with Crippen molar-refractivity contribution in [1.29, 1.82) is 0 Å². The maximum absolute atomic E-state index is 14.0. The lowest BCUT2D eigenvalue weighted by Gasteiger charge is -2.15. The molecule has 0 spiro atoms. The maximum Gasteiger partial charge on any atom is 0.225 e. The first-order valence-electron chi connectivity index (χ1n) is 8.95. The normalized spacial score (nSPS) is 14.3. The van der Waals surface area contributed by atoms with Crippen LogP contribution in [0.3, 0.4) is 0 Å². The number of benzene rings is 1. The van der Waals surface area contributed by atoms with Crippen molar-refractivity contribution in [3.8, 4) is 11.3 Å². The number of nitrogens with one attached hydrogen (secondary N) is 2. The topological polar surface area (TPSA) is 62.7 Å². The van der Waals surface area contributed by atoms with Crippen molar-refractivity contribution in [3.05, 3.63) is 60.4 Å². The molecule has 2 heterocycles. The molecule has 1 aliphatic rings. The molecule has 2 N–H and O–H groups in total. The quantitative estimate of drug-likeness (QED) is 0.670. The van der Waals surface area contributed by atoms with Crippen LogP contribution in [0.4, 0.5) is 26.2 Å². The molecule has 138 valence electrons. The third-order valence-corrected chi connectivity index (χ3v) is 4.56. The molecule has 0 saturated heterocycles. The first-order chi connectivity index (χ1) is 13.2. The Morgan fingerprint density at radius 2 is 1.85 bits per heavy atom. The summed E-state index contributed by atoms with van der Waals surface area (Å²) in [4.78, 5) is 13.1. The second kappa shape index (κ2) is 7.65. The molecule has 1 aromatic carbocycles. The van der Waals surface area contributed by atoms with Gasteiger partial charge in [0, 0.05) is 36.1 Å². The van der Waals surface area contributed by atoms with Crippen LogP contribution in [0.5, 0.6) is 0 Å². The lowest BCUT2D eigenvalue weighted by atomic mass is 10.2. The number of rotatable bonds is 5. The monoisotopic (exact) mass is 367 g/mol. The highest BCUT2D eigenvalue weighted by atomic mass is 19.1. The molecule has 5 nitrogen and oxygen atoms in total. The van der Waals surface area contributed by atoms with Gasteiger partial charge in [0.25, 0.3) is 0 Å². The Labute approximate surface area is 155 Å². The summed E-state index contributed by atoms with van der Waals surface area (Å²) in [5.41, 5.74) is 1.49. The molecule has 0 amide bonds. The highest BCUT2D eigenvalue weighted by Gasteiger charge is 2.17. The van der Waals surface area contributed by atoms with E-state index in [1.54, 1.807) is 18.5 Å². The molecular formula is C20H19F2N5. The van der Waals surface area contributed by atoms with E-state index >= 15 is 0 Å². The summed E-state index contributed by atoms with van der Waals surface area (Å²) >= 11 is 0. The molecule has 1 fully saturated rings. The molecule has 27 heavy (non-hydrogen) atoms. The average Bonchev–Trinajstić information content (AvgIpc) is 3.18. The molecule has 0 atom stereocenters. The highest BCUT2D eigenvalue weighted by Crippen LogP contribution is 2.27. The van der Waals surface area contributed by atoms with Crippen molar-refractivity contribution in [2.24, 2.45) is 0 Å². The van der Waals surface area contributed by atoms with E-state index in [0.717, 1.165) is 36.6 Å². The van der Waals surface area contributed by atoms with Crippen LogP contribution in [0.1, 0.15) is 25.7 Å². The second-order valence-corrected chi connectivity index (χ2v) is 6.58. The third kappa shape index (κ3) is 4.19. The van der Waals surface area contributed by atoms with Gasteiger partial charge in [-0.3, -0.25) is 4.98 Å². The summed E-state index contributed by atoms with van der Waals surface area (Å²) < 4.78 is 27.5. The van der Waals surface area contributed by atoms with Crippen molar-refractivity contribution in [2.45, 2.75) is 31.7 Å². The van der Waals surface area contributed by atoms with Gasteiger partial charge < -0.3 is 10.6 Å². The molecule has 0 aliphatic heterocycles. The molecule has 1 saturated carbocycles. The number of pyridine rings is 1. The Morgan fingerprint density at radius 3 is 2.63 bits per heavy atom. The lowest BCUT2D eigenvalue weighted by Crippen LogP contribution is -2.17. The minimum atomic E-state index is -0.553. The zero-order valence-electron chi connectivity index (χ0n) is 14.6. The fourth-order valence-corrected chi connectivity index (χ4v) is 3.22. The van der Waals surface area contributed by atoms with Crippen molar-refractivity contribution < 1.29 is 8.78 Å². The molecule has 2 aromatic heterocycles. The summed E-state index contributed by atoms with van der Waals surface area (Å²) in [5.74, 6) is -0.232. The fraction of sp³-hybridized carbons (Fsp3) is 0.250. The van der Waals surface area contributed by atoms with Crippen molar-refractivity contribution in [1.82, 2.24) is 15.0 Å². The Morgan fingerprint density at radius 1 is 1.00 bits per heavy atom. The largest absolute Gasteiger partial charge is 0.351 e. The van der Waals surface area contributed by atoms with Gasteiger partial charge in [0.15, 0.2) is 0 Å². The Bertz CT molecular complexity index is 927. The zero-order chi connectivity index (χ0) is 18.6. The maximum atomic E-state index is 14.0. The van der Waals surface area contributed by atoms with Crippen molar-refractivity contribution in [2.75, 3.05) is 10.6 Å². The van der Waals surface area contributed by atoms with Crippen LogP contribution in [0.15, 0.2) is 48.8 Å². The molecule has 0 unspecified atom stereocenters. The lowest BCUT2D eigenvalue weighted by molar-refractivity contribution is 0.603. The molecule has 3 aromatic rings. The average molecular weight is 367 g/mol. The summed E-state index contributed by atoms with van der Waals surface area (Å²) in [6.07, 6.45) is 7.89. The van der Waals surface area contributed by atoms with E-state index in [2.05, 4.69) is 25.6 Å². The van der Waals surface area contributed by atoms with E-state index in [1.165, 1.54) is 12.8 Å². The van der Waals surface area contributed by atoms with Crippen LogP contribution < -0.4 is 10.6 Å². The fourth-order valence-electron chi connectivity index (χ4n) is 3.22. The van der Waals surface area contributed by atoms with Gasteiger partial charge in [-0.05, 0) is 37.1 Å². The van der Waals surface area contributed by atoms with Gasteiger partial charge in [0.05, 0.1) is 11.4 Å². The van der Waals surface area contributed by atoms with E-state index in [0.29, 0.717) is 23.5 Å². The highest BCUT2D eigenvalue weighted by molar-refractivity contribution is 5.67. The Balaban J connectivity index is 1.69. The number of halogens is 2. The number of hydrogen-bond donors (Lipinski definition) is 2. The number of nitrogens with zero attached hydrogens (tertiary/aromatic N) is 3. The molecule has 1 aliphatic carbocycles. The van der Waals surface area contributed by atoms with Crippen LogP contribution >= 0.6 is 0 Å². The van der Waals surface area contributed by atoms with Crippen LogP contribution in [0.2, 0.25) is 0 Å². The van der Waals surface area contributed by atoms with Crippen molar-refractivity contribution >= 4 is 17.5 Å². The molecule has 0 bridgehead atoms. The minimum Gasteiger partial charge on any atom is -0.351 e. The summed E-state index contributed by atoms with van der Waals surface area (Å²) in [6.45, 7) is 0. The predicted octanol–water partition coefficient (Wildman–Crippen LogP) is 4.91. The third-order valence-electron chi connectivity index (χ3n) is 4.56. The molecule has 0 radical (unpaired) electrons. The van der Waals surface area contributed by atoms with Gasteiger partial charge >= 0.3 is 0 Å². The number of anilines is 3. The van der Waals surface area contributed by atoms with Gasteiger partial charge in [-0.1, -0.05) is 12.8 Å². The summed E-state index contributed by atoms with van der Waals surface area (Å²) in [5, 5.41) is 6.21. The van der Waals surface area contributed by atoms with Gasteiger partial charge in [-0.25, -0.2) is 13.8 Å². The smallest absolute Gasteiger partial charge is 0.225 e. The SMILES string of the molecule is Fc1ccc(F)c(Nc2cc(-c3cccnc3)nc(NC3CCCC3)n2)c1. The van der Waals surface area contributed by atoms with Gasteiger partial charge in [-0.15, -0.1) is 0 Å². The molecule has 7 heteroatoms. The standard InChI is InChI=1S/C20H19F2N5/c21-14-7-8-16(22)18(10-14)25-19-11-17(13-4-3-9-23-12-13)26-20(27-19)24-15-5-1-2-6-15/h3-4,7-12,15H,1-2,5-6H2,(H2,24,25,26,27). The Kier molecular flexibility index (Phi) is 4.91.